The standard InChI is InChI=1S/C12H18N2/c1-2-3-4-5-12(13)10-11-6-8-14-9-7-11/h2,6-9,12H,1,3-5,10,13H2. The SMILES string of the molecule is C=CCCCC(N)Cc1ccncc1. The lowest BCUT2D eigenvalue weighted by atomic mass is 10.0. The molecule has 0 aliphatic rings. The van der Waals surface area contributed by atoms with Crippen molar-refractivity contribution < 1.29 is 0 Å². The van der Waals surface area contributed by atoms with E-state index in [-0.39, 0.29) is 6.04 Å². The van der Waals surface area contributed by atoms with E-state index < -0.39 is 0 Å². The van der Waals surface area contributed by atoms with Gasteiger partial charge in [0, 0.05) is 18.4 Å². The molecule has 0 saturated carbocycles. The molecule has 1 rings (SSSR count). The Kier molecular flexibility index (Phi) is 4.94. The van der Waals surface area contributed by atoms with Gasteiger partial charge in [0.15, 0.2) is 0 Å². The van der Waals surface area contributed by atoms with Crippen LogP contribution in [0.4, 0.5) is 0 Å². The number of aromatic nitrogens is 1. The topological polar surface area (TPSA) is 38.9 Å². The summed E-state index contributed by atoms with van der Waals surface area (Å²) in [7, 11) is 0. The van der Waals surface area contributed by atoms with Crippen molar-refractivity contribution >= 4 is 0 Å². The minimum Gasteiger partial charge on any atom is -0.327 e. The zero-order valence-corrected chi connectivity index (χ0v) is 8.52. The van der Waals surface area contributed by atoms with Crippen molar-refractivity contribution in [1.82, 2.24) is 4.98 Å². The molecule has 0 spiro atoms. The molecule has 0 fully saturated rings. The summed E-state index contributed by atoms with van der Waals surface area (Å²) in [5.41, 5.74) is 7.26. The fourth-order valence-corrected chi connectivity index (χ4v) is 1.45. The van der Waals surface area contributed by atoms with E-state index in [9.17, 15) is 0 Å². The highest BCUT2D eigenvalue weighted by Crippen LogP contribution is 2.06. The van der Waals surface area contributed by atoms with Gasteiger partial charge in [0.05, 0.1) is 0 Å². The van der Waals surface area contributed by atoms with E-state index in [4.69, 9.17) is 5.73 Å². The van der Waals surface area contributed by atoms with Crippen LogP contribution >= 0.6 is 0 Å². The van der Waals surface area contributed by atoms with Gasteiger partial charge in [-0.05, 0) is 43.4 Å². The van der Waals surface area contributed by atoms with Crippen LogP contribution < -0.4 is 5.73 Å². The normalized spacial score (nSPS) is 12.4. The summed E-state index contributed by atoms with van der Waals surface area (Å²) < 4.78 is 0. The quantitative estimate of drug-likeness (QED) is 0.552. The van der Waals surface area contributed by atoms with Crippen LogP contribution in [0.15, 0.2) is 37.2 Å². The van der Waals surface area contributed by atoms with Gasteiger partial charge in [-0.15, -0.1) is 6.58 Å². The molecule has 0 saturated heterocycles. The first kappa shape index (κ1) is 10.9. The molecule has 2 N–H and O–H groups in total. The third-order valence-electron chi connectivity index (χ3n) is 2.23. The lowest BCUT2D eigenvalue weighted by Gasteiger charge is -2.10. The molecule has 2 nitrogen and oxygen atoms in total. The van der Waals surface area contributed by atoms with Crippen molar-refractivity contribution in [3.05, 3.63) is 42.7 Å². The summed E-state index contributed by atoms with van der Waals surface area (Å²) in [5, 5.41) is 0. The van der Waals surface area contributed by atoms with Crippen LogP contribution in [0.2, 0.25) is 0 Å². The number of pyridine rings is 1. The van der Waals surface area contributed by atoms with Gasteiger partial charge in [0.1, 0.15) is 0 Å². The van der Waals surface area contributed by atoms with Gasteiger partial charge in [-0.1, -0.05) is 6.08 Å². The Hall–Kier alpha value is -1.15. The molecular formula is C12H18N2. The molecule has 0 aromatic carbocycles. The second-order valence-electron chi connectivity index (χ2n) is 3.54. The van der Waals surface area contributed by atoms with E-state index in [2.05, 4.69) is 11.6 Å². The number of nitrogens with zero attached hydrogens (tertiary/aromatic N) is 1. The number of rotatable bonds is 6. The van der Waals surface area contributed by atoms with Crippen LogP contribution in [0.3, 0.4) is 0 Å². The molecule has 1 heterocycles. The first-order valence-corrected chi connectivity index (χ1v) is 5.08. The average Bonchev–Trinajstić information content (AvgIpc) is 2.20. The van der Waals surface area contributed by atoms with E-state index in [1.807, 2.05) is 30.6 Å². The maximum Gasteiger partial charge on any atom is 0.0270 e. The third kappa shape index (κ3) is 4.19. The van der Waals surface area contributed by atoms with Crippen molar-refractivity contribution in [2.45, 2.75) is 31.7 Å². The number of allylic oxidation sites excluding steroid dienone is 1. The molecule has 0 bridgehead atoms. The summed E-state index contributed by atoms with van der Waals surface area (Å²) in [5.74, 6) is 0. The van der Waals surface area contributed by atoms with E-state index in [1.54, 1.807) is 0 Å². The van der Waals surface area contributed by atoms with Gasteiger partial charge in [-0.3, -0.25) is 4.98 Å². The van der Waals surface area contributed by atoms with Gasteiger partial charge < -0.3 is 5.73 Å². The summed E-state index contributed by atoms with van der Waals surface area (Å²) in [6, 6.07) is 4.30. The number of unbranched alkanes of at least 4 members (excludes halogenated alkanes) is 1. The van der Waals surface area contributed by atoms with Crippen LogP contribution in [0.25, 0.3) is 0 Å². The molecule has 1 aromatic rings. The Morgan fingerprint density at radius 2 is 2.14 bits per heavy atom. The van der Waals surface area contributed by atoms with E-state index in [0.717, 1.165) is 25.7 Å². The third-order valence-corrected chi connectivity index (χ3v) is 2.23. The van der Waals surface area contributed by atoms with Crippen LogP contribution in [0, 0.1) is 0 Å². The first-order valence-electron chi connectivity index (χ1n) is 5.08. The minimum absolute atomic E-state index is 0.261. The fraction of sp³-hybridized carbons (Fsp3) is 0.417. The maximum absolute atomic E-state index is 5.99. The zero-order valence-electron chi connectivity index (χ0n) is 8.52. The second-order valence-corrected chi connectivity index (χ2v) is 3.54. The molecule has 0 amide bonds. The van der Waals surface area contributed by atoms with Crippen molar-refractivity contribution in [1.29, 1.82) is 0 Å². The monoisotopic (exact) mass is 190 g/mol. The lowest BCUT2D eigenvalue weighted by Crippen LogP contribution is -2.22. The number of nitrogens with two attached hydrogens (primary N) is 1. The maximum atomic E-state index is 5.99. The molecule has 0 aliphatic carbocycles. The highest BCUT2D eigenvalue weighted by molar-refractivity contribution is 5.10. The first-order chi connectivity index (χ1) is 6.83. The predicted octanol–water partition coefficient (Wildman–Crippen LogP) is 2.31. The lowest BCUT2D eigenvalue weighted by molar-refractivity contribution is 0.584. The van der Waals surface area contributed by atoms with Crippen LogP contribution in [-0.4, -0.2) is 11.0 Å². The zero-order chi connectivity index (χ0) is 10.2. The van der Waals surface area contributed by atoms with Gasteiger partial charge in [0.25, 0.3) is 0 Å². The van der Waals surface area contributed by atoms with E-state index in [0.29, 0.717) is 0 Å². The molecule has 0 aliphatic heterocycles. The molecular weight excluding hydrogens is 172 g/mol. The summed E-state index contributed by atoms with van der Waals surface area (Å²) in [6.45, 7) is 3.69. The highest BCUT2D eigenvalue weighted by atomic mass is 14.6. The van der Waals surface area contributed by atoms with Crippen LogP contribution in [0.1, 0.15) is 24.8 Å². The number of hydrogen-bond donors (Lipinski definition) is 1. The molecule has 76 valence electrons. The van der Waals surface area contributed by atoms with E-state index >= 15 is 0 Å². The Balaban J connectivity index is 2.26. The van der Waals surface area contributed by atoms with Gasteiger partial charge in [-0.2, -0.15) is 0 Å². The smallest absolute Gasteiger partial charge is 0.0270 e. The molecule has 1 unspecified atom stereocenters. The molecule has 1 aromatic heterocycles. The van der Waals surface area contributed by atoms with Crippen molar-refractivity contribution in [3.8, 4) is 0 Å². The highest BCUT2D eigenvalue weighted by Gasteiger charge is 2.02. The minimum atomic E-state index is 0.261. The molecule has 14 heavy (non-hydrogen) atoms. The fourth-order valence-electron chi connectivity index (χ4n) is 1.45. The Morgan fingerprint density at radius 1 is 1.43 bits per heavy atom. The summed E-state index contributed by atoms with van der Waals surface area (Å²) in [4.78, 5) is 3.97. The predicted molar refractivity (Wildman–Crippen MR) is 60.0 cm³/mol. The van der Waals surface area contributed by atoms with Gasteiger partial charge in [-0.25, -0.2) is 0 Å². The van der Waals surface area contributed by atoms with E-state index in [1.165, 1.54) is 5.56 Å². The van der Waals surface area contributed by atoms with Crippen LogP contribution in [-0.2, 0) is 6.42 Å². The molecule has 2 heteroatoms. The molecule has 1 atom stereocenters. The van der Waals surface area contributed by atoms with Gasteiger partial charge >= 0.3 is 0 Å². The number of hydrogen-bond acceptors (Lipinski definition) is 2. The van der Waals surface area contributed by atoms with Crippen molar-refractivity contribution in [3.63, 3.8) is 0 Å². The van der Waals surface area contributed by atoms with Crippen molar-refractivity contribution in [2.24, 2.45) is 5.73 Å². The van der Waals surface area contributed by atoms with Gasteiger partial charge in [0.2, 0.25) is 0 Å². The average molecular weight is 190 g/mol. The van der Waals surface area contributed by atoms with Crippen LogP contribution in [0.5, 0.6) is 0 Å². The second kappa shape index (κ2) is 6.33. The largest absolute Gasteiger partial charge is 0.327 e. The van der Waals surface area contributed by atoms with Crippen molar-refractivity contribution in [2.75, 3.05) is 0 Å². The Morgan fingerprint density at radius 3 is 2.79 bits per heavy atom. The summed E-state index contributed by atoms with van der Waals surface area (Å²) in [6.07, 6.45) is 9.77. The summed E-state index contributed by atoms with van der Waals surface area (Å²) >= 11 is 0. The Bertz CT molecular complexity index is 256. The Labute approximate surface area is 85.9 Å². The molecule has 0 radical (unpaired) electrons.